The number of piperidine rings is 1. The maximum atomic E-state index is 5.50. The Hall–Kier alpha value is -1.98. The van der Waals surface area contributed by atoms with Gasteiger partial charge in [-0.05, 0) is 50.9 Å². The molecule has 5 nitrogen and oxygen atoms in total. The van der Waals surface area contributed by atoms with Crippen LogP contribution in [0.3, 0.4) is 0 Å². The Labute approximate surface area is 155 Å². The van der Waals surface area contributed by atoms with E-state index in [4.69, 9.17) is 14.5 Å². The smallest absolute Gasteiger partial charge is 0.119 e. The Morgan fingerprint density at radius 1 is 1.08 bits per heavy atom. The van der Waals surface area contributed by atoms with E-state index in [2.05, 4.69) is 16.0 Å². The second-order valence-corrected chi connectivity index (χ2v) is 7.21. The molecule has 1 aromatic carbocycles. The zero-order chi connectivity index (χ0) is 17.8. The molecule has 3 heterocycles. The van der Waals surface area contributed by atoms with E-state index in [9.17, 15) is 0 Å². The molecule has 2 aliphatic rings. The Morgan fingerprint density at radius 3 is 2.65 bits per heavy atom. The Morgan fingerprint density at radius 2 is 1.88 bits per heavy atom. The molecule has 138 valence electrons. The van der Waals surface area contributed by atoms with Gasteiger partial charge in [-0.3, -0.25) is 4.98 Å². The molecule has 0 amide bonds. The lowest BCUT2D eigenvalue weighted by atomic mass is 9.91. The summed E-state index contributed by atoms with van der Waals surface area (Å²) < 4.78 is 10.8. The van der Waals surface area contributed by atoms with Crippen molar-refractivity contribution in [2.75, 3.05) is 33.4 Å². The first-order chi connectivity index (χ1) is 12.8. The van der Waals surface area contributed by atoms with Gasteiger partial charge < -0.3 is 14.4 Å². The lowest BCUT2D eigenvalue weighted by Crippen LogP contribution is -2.43. The predicted molar refractivity (Wildman–Crippen MR) is 101 cm³/mol. The van der Waals surface area contributed by atoms with Gasteiger partial charge in [-0.2, -0.15) is 0 Å². The molecule has 26 heavy (non-hydrogen) atoms. The summed E-state index contributed by atoms with van der Waals surface area (Å²) in [5, 5.41) is 0. The molecule has 0 atom stereocenters. The Kier molecular flexibility index (Phi) is 5.46. The van der Waals surface area contributed by atoms with Crippen LogP contribution in [0.1, 0.15) is 37.3 Å². The van der Waals surface area contributed by atoms with E-state index in [0.29, 0.717) is 12.0 Å². The van der Waals surface area contributed by atoms with Crippen LogP contribution in [0.4, 0.5) is 0 Å². The van der Waals surface area contributed by atoms with E-state index in [1.807, 2.05) is 30.6 Å². The number of rotatable bonds is 4. The zero-order valence-electron chi connectivity index (χ0n) is 15.4. The SMILES string of the molecule is COc1cccc(-c2cncc(C3CCN(C4CCOCC4)CC3)n2)c1. The molecule has 0 radical (unpaired) electrons. The Bertz CT molecular complexity index is 723. The van der Waals surface area contributed by atoms with Gasteiger partial charge in [-0.15, -0.1) is 0 Å². The van der Waals surface area contributed by atoms with Gasteiger partial charge in [0.2, 0.25) is 0 Å². The second-order valence-electron chi connectivity index (χ2n) is 7.21. The first kappa shape index (κ1) is 17.4. The fourth-order valence-corrected chi connectivity index (χ4v) is 4.11. The van der Waals surface area contributed by atoms with Crippen molar-refractivity contribution < 1.29 is 9.47 Å². The number of benzene rings is 1. The molecule has 0 aliphatic carbocycles. The van der Waals surface area contributed by atoms with Gasteiger partial charge in [-0.25, -0.2) is 4.98 Å². The summed E-state index contributed by atoms with van der Waals surface area (Å²) in [7, 11) is 1.69. The molecule has 0 spiro atoms. The molecule has 2 aliphatic heterocycles. The molecule has 0 bridgehead atoms. The monoisotopic (exact) mass is 353 g/mol. The van der Waals surface area contributed by atoms with Gasteiger partial charge in [-0.1, -0.05) is 12.1 Å². The van der Waals surface area contributed by atoms with Crippen LogP contribution in [0.25, 0.3) is 11.3 Å². The number of hydrogen-bond donors (Lipinski definition) is 0. The molecule has 2 saturated heterocycles. The lowest BCUT2D eigenvalue weighted by Gasteiger charge is -2.39. The van der Waals surface area contributed by atoms with Crippen molar-refractivity contribution in [1.82, 2.24) is 14.9 Å². The molecule has 2 fully saturated rings. The summed E-state index contributed by atoms with van der Waals surface area (Å²) in [6, 6.07) is 8.73. The van der Waals surface area contributed by atoms with Crippen LogP contribution in [-0.2, 0) is 4.74 Å². The van der Waals surface area contributed by atoms with Crippen LogP contribution >= 0.6 is 0 Å². The van der Waals surface area contributed by atoms with Gasteiger partial charge in [0.25, 0.3) is 0 Å². The molecular formula is C21H27N3O2. The molecule has 0 saturated carbocycles. The van der Waals surface area contributed by atoms with Gasteiger partial charge in [0, 0.05) is 36.9 Å². The van der Waals surface area contributed by atoms with Crippen LogP contribution in [-0.4, -0.2) is 54.3 Å². The number of aromatic nitrogens is 2. The van der Waals surface area contributed by atoms with E-state index in [0.717, 1.165) is 61.8 Å². The summed E-state index contributed by atoms with van der Waals surface area (Å²) in [6.07, 6.45) is 8.46. The van der Waals surface area contributed by atoms with Crippen molar-refractivity contribution in [1.29, 1.82) is 0 Å². The van der Waals surface area contributed by atoms with Gasteiger partial charge in [0.1, 0.15) is 5.75 Å². The van der Waals surface area contributed by atoms with Crippen LogP contribution < -0.4 is 4.74 Å². The van der Waals surface area contributed by atoms with Gasteiger partial charge in [0.15, 0.2) is 0 Å². The van der Waals surface area contributed by atoms with Gasteiger partial charge >= 0.3 is 0 Å². The summed E-state index contributed by atoms with van der Waals surface area (Å²) >= 11 is 0. The third kappa shape index (κ3) is 3.89. The normalized spacial score (nSPS) is 20.2. The van der Waals surface area contributed by atoms with Crippen LogP contribution in [0.5, 0.6) is 5.75 Å². The highest BCUT2D eigenvalue weighted by atomic mass is 16.5. The second kappa shape index (κ2) is 8.14. The average molecular weight is 353 g/mol. The fourth-order valence-electron chi connectivity index (χ4n) is 4.11. The minimum absolute atomic E-state index is 0.504. The minimum Gasteiger partial charge on any atom is -0.497 e. The number of methoxy groups -OCH3 is 1. The highest BCUT2D eigenvalue weighted by Crippen LogP contribution is 2.30. The molecule has 0 unspecified atom stereocenters. The molecule has 2 aromatic rings. The number of nitrogens with zero attached hydrogens (tertiary/aromatic N) is 3. The maximum Gasteiger partial charge on any atom is 0.119 e. The third-order valence-electron chi connectivity index (χ3n) is 5.67. The Balaban J connectivity index is 1.44. The maximum absolute atomic E-state index is 5.50. The first-order valence-corrected chi connectivity index (χ1v) is 9.61. The van der Waals surface area contributed by atoms with Crippen LogP contribution in [0, 0.1) is 0 Å². The quantitative estimate of drug-likeness (QED) is 0.842. The van der Waals surface area contributed by atoms with Crippen molar-refractivity contribution in [3.63, 3.8) is 0 Å². The van der Waals surface area contributed by atoms with Crippen molar-refractivity contribution in [2.24, 2.45) is 0 Å². The summed E-state index contributed by atoms with van der Waals surface area (Å²) in [5.41, 5.74) is 3.10. The highest BCUT2D eigenvalue weighted by Gasteiger charge is 2.27. The van der Waals surface area contributed by atoms with Crippen molar-refractivity contribution in [3.8, 4) is 17.0 Å². The highest BCUT2D eigenvalue weighted by molar-refractivity contribution is 5.60. The number of likely N-dealkylation sites (tertiary alicyclic amines) is 1. The number of ether oxygens (including phenoxy) is 2. The summed E-state index contributed by atoms with van der Waals surface area (Å²) in [5.74, 6) is 1.35. The first-order valence-electron chi connectivity index (χ1n) is 9.61. The van der Waals surface area contributed by atoms with E-state index < -0.39 is 0 Å². The van der Waals surface area contributed by atoms with E-state index in [1.165, 1.54) is 12.8 Å². The minimum atomic E-state index is 0.504. The molecule has 0 N–H and O–H groups in total. The van der Waals surface area contributed by atoms with E-state index in [-0.39, 0.29) is 0 Å². The van der Waals surface area contributed by atoms with Crippen molar-refractivity contribution >= 4 is 0 Å². The summed E-state index contributed by atoms with van der Waals surface area (Å²) in [6.45, 7) is 4.14. The molecule has 4 rings (SSSR count). The molecular weight excluding hydrogens is 326 g/mol. The largest absolute Gasteiger partial charge is 0.497 e. The van der Waals surface area contributed by atoms with E-state index in [1.54, 1.807) is 7.11 Å². The zero-order valence-corrected chi connectivity index (χ0v) is 15.4. The predicted octanol–water partition coefficient (Wildman–Crippen LogP) is 3.51. The molecule has 1 aromatic heterocycles. The summed E-state index contributed by atoms with van der Waals surface area (Å²) in [4.78, 5) is 12.0. The van der Waals surface area contributed by atoms with Crippen molar-refractivity contribution in [3.05, 3.63) is 42.4 Å². The fraction of sp³-hybridized carbons (Fsp3) is 0.524. The van der Waals surface area contributed by atoms with Gasteiger partial charge in [0.05, 0.1) is 24.7 Å². The average Bonchev–Trinajstić information content (AvgIpc) is 2.75. The lowest BCUT2D eigenvalue weighted by molar-refractivity contribution is 0.0250. The molecule has 5 heteroatoms. The van der Waals surface area contributed by atoms with Crippen LogP contribution in [0.15, 0.2) is 36.7 Å². The van der Waals surface area contributed by atoms with Crippen LogP contribution in [0.2, 0.25) is 0 Å². The van der Waals surface area contributed by atoms with E-state index >= 15 is 0 Å². The topological polar surface area (TPSA) is 47.5 Å². The third-order valence-corrected chi connectivity index (χ3v) is 5.67. The number of hydrogen-bond acceptors (Lipinski definition) is 5. The van der Waals surface area contributed by atoms with Crippen molar-refractivity contribution in [2.45, 2.75) is 37.6 Å². The standard InChI is InChI=1S/C21H27N3O2/c1-25-19-4-2-3-17(13-19)21-15-22-14-20(23-21)16-5-9-24(10-6-16)18-7-11-26-12-8-18/h2-4,13-16,18H,5-12H2,1H3.